The van der Waals surface area contributed by atoms with Crippen LogP contribution < -0.4 is 5.73 Å². The van der Waals surface area contributed by atoms with E-state index in [0.29, 0.717) is 12.0 Å². The zero-order valence-electron chi connectivity index (χ0n) is 8.18. The molecule has 0 spiro atoms. The van der Waals surface area contributed by atoms with Crippen LogP contribution in [0, 0.1) is 5.41 Å². The molecular weight excluding hydrogens is 138 g/mol. The van der Waals surface area contributed by atoms with Crippen molar-refractivity contribution in [1.82, 2.24) is 0 Å². The van der Waals surface area contributed by atoms with E-state index >= 15 is 0 Å². The van der Waals surface area contributed by atoms with Crippen molar-refractivity contribution in [3.8, 4) is 0 Å². The van der Waals surface area contributed by atoms with Crippen molar-refractivity contribution in [1.29, 1.82) is 0 Å². The van der Waals surface area contributed by atoms with Crippen LogP contribution in [-0.2, 0) is 4.74 Å². The van der Waals surface area contributed by atoms with Gasteiger partial charge in [0, 0.05) is 12.6 Å². The maximum absolute atomic E-state index is 5.82. The summed E-state index contributed by atoms with van der Waals surface area (Å²) in [4.78, 5) is 0. The Morgan fingerprint density at radius 2 is 1.91 bits per heavy atom. The molecule has 0 aliphatic carbocycles. The second-order valence-corrected chi connectivity index (χ2v) is 4.18. The van der Waals surface area contributed by atoms with E-state index in [-0.39, 0.29) is 6.04 Å². The third-order valence-corrected chi connectivity index (χ3v) is 1.41. The average molecular weight is 159 g/mol. The van der Waals surface area contributed by atoms with Crippen LogP contribution in [0.15, 0.2) is 0 Å². The summed E-state index contributed by atoms with van der Waals surface area (Å²) in [7, 11) is 0. The third kappa shape index (κ3) is 7.82. The van der Waals surface area contributed by atoms with Crippen molar-refractivity contribution in [3.63, 3.8) is 0 Å². The highest BCUT2D eigenvalue weighted by atomic mass is 16.5. The first-order valence-electron chi connectivity index (χ1n) is 4.29. The van der Waals surface area contributed by atoms with Gasteiger partial charge in [0.15, 0.2) is 0 Å². The van der Waals surface area contributed by atoms with Gasteiger partial charge in [0.05, 0.1) is 6.61 Å². The van der Waals surface area contributed by atoms with Gasteiger partial charge in [0.2, 0.25) is 0 Å². The molecule has 0 amide bonds. The fourth-order valence-corrected chi connectivity index (χ4v) is 1.11. The number of ether oxygens (including phenoxy) is 1. The van der Waals surface area contributed by atoms with Crippen LogP contribution in [0.5, 0.6) is 0 Å². The second kappa shape index (κ2) is 4.73. The van der Waals surface area contributed by atoms with Gasteiger partial charge in [-0.3, -0.25) is 0 Å². The lowest BCUT2D eigenvalue weighted by atomic mass is 9.89. The minimum absolute atomic E-state index is 0.190. The van der Waals surface area contributed by atoms with E-state index in [0.717, 1.165) is 13.0 Å². The molecule has 0 rings (SSSR count). The normalized spacial score (nSPS) is 15.0. The summed E-state index contributed by atoms with van der Waals surface area (Å²) in [6.07, 6.45) is 1.02. The van der Waals surface area contributed by atoms with Crippen molar-refractivity contribution in [2.24, 2.45) is 11.1 Å². The summed E-state index contributed by atoms with van der Waals surface area (Å²) in [5.74, 6) is 0. The molecule has 2 nitrogen and oxygen atoms in total. The van der Waals surface area contributed by atoms with Crippen LogP contribution in [0.4, 0.5) is 0 Å². The van der Waals surface area contributed by atoms with Crippen molar-refractivity contribution < 1.29 is 4.74 Å². The third-order valence-electron chi connectivity index (χ3n) is 1.41. The van der Waals surface area contributed by atoms with E-state index < -0.39 is 0 Å². The van der Waals surface area contributed by atoms with Crippen LogP contribution in [0.25, 0.3) is 0 Å². The number of nitrogens with two attached hydrogens (primary N) is 1. The molecule has 68 valence electrons. The molecule has 0 saturated heterocycles. The fourth-order valence-electron chi connectivity index (χ4n) is 1.11. The zero-order chi connectivity index (χ0) is 8.91. The number of hydrogen-bond acceptors (Lipinski definition) is 2. The van der Waals surface area contributed by atoms with E-state index in [1.54, 1.807) is 0 Å². The van der Waals surface area contributed by atoms with Gasteiger partial charge in [-0.15, -0.1) is 0 Å². The van der Waals surface area contributed by atoms with Gasteiger partial charge >= 0.3 is 0 Å². The van der Waals surface area contributed by atoms with Crippen LogP contribution in [0.2, 0.25) is 0 Å². The Labute approximate surface area is 70.1 Å². The van der Waals surface area contributed by atoms with Crippen molar-refractivity contribution in [3.05, 3.63) is 0 Å². The van der Waals surface area contributed by atoms with Crippen LogP contribution in [0.3, 0.4) is 0 Å². The number of rotatable bonds is 4. The summed E-state index contributed by atoms with van der Waals surface area (Å²) in [5.41, 5.74) is 6.14. The minimum atomic E-state index is 0.190. The average Bonchev–Trinajstić information content (AvgIpc) is 1.79. The highest BCUT2D eigenvalue weighted by Crippen LogP contribution is 2.19. The van der Waals surface area contributed by atoms with Crippen molar-refractivity contribution in [2.75, 3.05) is 13.2 Å². The van der Waals surface area contributed by atoms with Gasteiger partial charge in [-0.25, -0.2) is 0 Å². The molecule has 0 saturated carbocycles. The van der Waals surface area contributed by atoms with Gasteiger partial charge in [-0.2, -0.15) is 0 Å². The van der Waals surface area contributed by atoms with Gasteiger partial charge in [-0.05, 0) is 18.8 Å². The first kappa shape index (κ1) is 10.9. The Bertz CT molecular complexity index is 96.2. The molecule has 2 N–H and O–H groups in total. The van der Waals surface area contributed by atoms with E-state index in [4.69, 9.17) is 10.5 Å². The molecule has 0 radical (unpaired) electrons. The lowest BCUT2D eigenvalue weighted by Crippen LogP contribution is -2.30. The zero-order valence-corrected chi connectivity index (χ0v) is 8.18. The Hall–Kier alpha value is -0.0800. The van der Waals surface area contributed by atoms with Crippen molar-refractivity contribution in [2.45, 2.75) is 40.2 Å². The Morgan fingerprint density at radius 1 is 1.36 bits per heavy atom. The first-order valence-corrected chi connectivity index (χ1v) is 4.29. The molecule has 0 heterocycles. The Kier molecular flexibility index (Phi) is 4.69. The largest absolute Gasteiger partial charge is 0.380 e. The predicted octanol–water partition coefficient (Wildman–Crippen LogP) is 1.79. The summed E-state index contributed by atoms with van der Waals surface area (Å²) >= 11 is 0. The smallest absolute Gasteiger partial charge is 0.0617 e. The van der Waals surface area contributed by atoms with Crippen molar-refractivity contribution >= 4 is 0 Å². The van der Waals surface area contributed by atoms with E-state index in [2.05, 4.69) is 20.8 Å². The standard InChI is InChI=1S/C9H21NO/c1-5-11-7-8(10)6-9(2,3)4/h8H,5-7,10H2,1-4H3. The second-order valence-electron chi connectivity index (χ2n) is 4.18. The summed E-state index contributed by atoms with van der Waals surface area (Å²) in [6, 6.07) is 0.190. The number of hydrogen-bond donors (Lipinski definition) is 1. The van der Waals surface area contributed by atoms with E-state index in [1.807, 2.05) is 6.92 Å². The molecule has 0 aromatic carbocycles. The lowest BCUT2D eigenvalue weighted by Gasteiger charge is -2.22. The molecule has 2 heteroatoms. The van der Waals surface area contributed by atoms with Gasteiger partial charge in [0.1, 0.15) is 0 Å². The van der Waals surface area contributed by atoms with E-state index in [9.17, 15) is 0 Å². The molecule has 0 aliphatic rings. The van der Waals surface area contributed by atoms with Gasteiger partial charge < -0.3 is 10.5 Å². The lowest BCUT2D eigenvalue weighted by molar-refractivity contribution is 0.120. The molecule has 1 atom stereocenters. The quantitative estimate of drug-likeness (QED) is 0.678. The van der Waals surface area contributed by atoms with Gasteiger partial charge in [-0.1, -0.05) is 20.8 Å². The topological polar surface area (TPSA) is 35.2 Å². The SMILES string of the molecule is CCOCC(N)CC(C)(C)C. The Balaban J connectivity index is 3.44. The molecule has 11 heavy (non-hydrogen) atoms. The fraction of sp³-hybridized carbons (Fsp3) is 1.00. The molecule has 0 bridgehead atoms. The van der Waals surface area contributed by atoms with Crippen LogP contribution in [0.1, 0.15) is 34.1 Å². The molecule has 0 fully saturated rings. The Morgan fingerprint density at radius 3 is 2.27 bits per heavy atom. The van der Waals surface area contributed by atoms with Crippen LogP contribution >= 0.6 is 0 Å². The maximum atomic E-state index is 5.82. The highest BCUT2D eigenvalue weighted by Gasteiger charge is 2.15. The molecular formula is C9H21NO. The minimum Gasteiger partial charge on any atom is -0.380 e. The first-order chi connectivity index (χ1) is 4.95. The molecule has 1 unspecified atom stereocenters. The van der Waals surface area contributed by atoms with E-state index in [1.165, 1.54) is 0 Å². The molecule has 0 aromatic heterocycles. The highest BCUT2D eigenvalue weighted by molar-refractivity contribution is 4.70. The summed E-state index contributed by atoms with van der Waals surface area (Å²) < 4.78 is 5.22. The monoisotopic (exact) mass is 159 g/mol. The maximum Gasteiger partial charge on any atom is 0.0617 e. The predicted molar refractivity (Wildman–Crippen MR) is 48.5 cm³/mol. The molecule has 0 aliphatic heterocycles. The van der Waals surface area contributed by atoms with Crippen LogP contribution in [-0.4, -0.2) is 19.3 Å². The summed E-state index contributed by atoms with van der Waals surface area (Å²) in [6.45, 7) is 10.0. The summed E-state index contributed by atoms with van der Waals surface area (Å²) in [5, 5.41) is 0. The molecule has 0 aromatic rings. The van der Waals surface area contributed by atoms with Gasteiger partial charge in [0.25, 0.3) is 0 Å².